The monoisotopic (exact) mass is 379 g/mol. The molecule has 0 atom stereocenters. The van der Waals surface area contributed by atoms with Gasteiger partial charge in [0, 0.05) is 29.9 Å². The number of fused-ring (bicyclic) bond motifs is 1. The fourth-order valence-corrected chi connectivity index (χ4v) is 3.86. The first kappa shape index (κ1) is 16.3. The van der Waals surface area contributed by atoms with Crippen molar-refractivity contribution in [2.24, 2.45) is 5.92 Å². The maximum Gasteiger partial charge on any atom is 0.162 e. The van der Waals surface area contributed by atoms with Crippen molar-refractivity contribution in [2.45, 2.75) is 19.3 Å². The number of hydrogen-bond acceptors (Lipinski definition) is 5. The van der Waals surface area contributed by atoms with Crippen LogP contribution >= 0.6 is 15.9 Å². The molecule has 0 radical (unpaired) electrons. The van der Waals surface area contributed by atoms with Gasteiger partial charge in [-0.25, -0.2) is 9.97 Å². The molecule has 1 aromatic carbocycles. The van der Waals surface area contributed by atoms with E-state index in [2.05, 4.69) is 30.8 Å². The highest BCUT2D eigenvalue weighted by Gasteiger charge is 2.22. The molecule has 0 spiro atoms. The molecule has 0 aliphatic carbocycles. The van der Waals surface area contributed by atoms with Crippen LogP contribution in [-0.2, 0) is 0 Å². The summed E-state index contributed by atoms with van der Waals surface area (Å²) in [6.07, 6.45) is 5.31. The molecular weight excluding hydrogens is 358 g/mol. The number of aromatic nitrogens is 2. The van der Waals surface area contributed by atoms with E-state index in [0.29, 0.717) is 11.5 Å². The van der Waals surface area contributed by atoms with Crippen molar-refractivity contribution in [2.75, 3.05) is 37.5 Å². The summed E-state index contributed by atoms with van der Waals surface area (Å²) in [5.74, 6) is 3.22. The Morgan fingerprint density at radius 2 is 1.83 bits per heavy atom. The quantitative estimate of drug-likeness (QED) is 0.742. The lowest BCUT2D eigenvalue weighted by molar-refractivity contribution is 0.355. The minimum absolute atomic E-state index is 0.695. The molecule has 0 N–H and O–H groups in total. The molecule has 0 bridgehead atoms. The van der Waals surface area contributed by atoms with E-state index in [1.165, 1.54) is 19.3 Å². The number of piperidine rings is 1. The molecule has 124 valence electrons. The van der Waals surface area contributed by atoms with Gasteiger partial charge in [0.25, 0.3) is 0 Å². The van der Waals surface area contributed by atoms with Crippen molar-refractivity contribution in [3.05, 3.63) is 18.5 Å². The highest BCUT2D eigenvalue weighted by molar-refractivity contribution is 9.09. The molecule has 23 heavy (non-hydrogen) atoms. The molecule has 2 heterocycles. The van der Waals surface area contributed by atoms with Gasteiger partial charge in [0.1, 0.15) is 12.1 Å². The molecule has 2 aromatic rings. The Morgan fingerprint density at radius 1 is 1.13 bits per heavy atom. The Morgan fingerprint density at radius 3 is 2.48 bits per heavy atom. The van der Waals surface area contributed by atoms with Crippen LogP contribution in [0.3, 0.4) is 0 Å². The average molecular weight is 380 g/mol. The summed E-state index contributed by atoms with van der Waals surface area (Å²) in [4.78, 5) is 11.3. The summed E-state index contributed by atoms with van der Waals surface area (Å²) in [6, 6.07) is 3.89. The second-order valence-electron chi connectivity index (χ2n) is 5.83. The van der Waals surface area contributed by atoms with Gasteiger partial charge in [-0.3, -0.25) is 0 Å². The normalized spacial score (nSPS) is 15.9. The molecule has 0 unspecified atom stereocenters. The van der Waals surface area contributed by atoms with Crippen LogP contribution in [-0.4, -0.2) is 42.6 Å². The number of benzene rings is 1. The van der Waals surface area contributed by atoms with Crippen LogP contribution in [0.5, 0.6) is 11.5 Å². The van der Waals surface area contributed by atoms with Crippen molar-refractivity contribution in [3.63, 3.8) is 0 Å². The van der Waals surface area contributed by atoms with Gasteiger partial charge in [0.15, 0.2) is 11.5 Å². The number of rotatable bonds is 5. The standard InChI is InChI=1S/C17H22BrN3O2/c1-22-15-9-13-14(10-16(15)23-2)19-11-20-17(13)21-7-4-12(3-6-18)5-8-21/h9-12H,3-8H2,1-2H3. The van der Waals surface area contributed by atoms with Crippen LogP contribution in [0.4, 0.5) is 5.82 Å². The van der Waals surface area contributed by atoms with Gasteiger partial charge in [-0.2, -0.15) is 0 Å². The Labute approximate surface area is 145 Å². The summed E-state index contributed by atoms with van der Waals surface area (Å²) in [5.41, 5.74) is 0.884. The lowest BCUT2D eigenvalue weighted by Crippen LogP contribution is -2.34. The summed E-state index contributed by atoms with van der Waals surface area (Å²) < 4.78 is 10.8. The number of ether oxygens (including phenoxy) is 2. The molecule has 1 fully saturated rings. The SMILES string of the molecule is COc1cc2ncnc(N3CCC(CCBr)CC3)c2cc1OC. The van der Waals surface area contributed by atoms with Crippen LogP contribution in [0, 0.1) is 5.92 Å². The number of nitrogens with zero attached hydrogens (tertiary/aromatic N) is 3. The molecule has 1 aromatic heterocycles. The van der Waals surface area contributed by atoms with Crippen molar-refractivity contribution in [1.29, 1.82) is 0 Å². The van der Waals surface area contributed by atoms with E-state index in [1.54, 1.807) is 20.5 Å². The van der Waals surface area contributed by atoms with E-state index in [0.717, 1.165) is 41.1 Å². The zero-order valence-electron chi connectivity index (χ0n) is 13.6. The zero-order valence-corrected chi connectivity index (χ0v) is 15.2. The van der Waals surface area contributed by atoms with E-state index < -0.39 is 0 Å². The van der Waals surface area contributed by atoms with E-state index in [1.807, 2.05) is 12.1 Å². The minimum atomic E-state index is 0.695. The van der Waals surface area contributed by atoms with Gasteiger partial charge in [-0.15, -0.1) is 0 Å². The molecule has 0 amide bonds. The molecule has 1 aliphatic heterocycles. The van der Waals surface area contributed by atoms with Crippen molar-refractivity contribution in [1.82, 2.24) is 9.97 Å². The first-order chi connectivity index (χ1) is 11.3. The van der Waals surface area contributed by atoms with Crippen LogP contribution in [0.15, 0.2) is 18.5 Å². The highest BCUT2D eigenvalue weighted by Crippen LogP contribution is 2.35. The summed E-state index contributed by atoms with van der Waals surface area (Å²) >= 11 is 3.55. The van der Waals surface area contributed by atoms with Crippen molar-refractivity contribution >= 4 is 32.7 Å². The fraction of sp³-hybridized carbons (Fsp3) is 0.529. The van der Waals surface area contributed by atoms with Crippen molar-refractivity contribution < 1.29 is 9.47 Å². The van der Waals surface area contributed by atoms with Gasteiger partial charge >= 0.3 is 0 Å². The van der Waals surface area contributed by atoms with Gasteiger partial charge in [-0.05, 0) is 31.2 Å². The lowest BCUT2D eigenvalue weighted by Gasteiger charge is -2.33. The van der Waals surface area contributed by atoms with Crippen LogP contribution < -0.4 is 14.4 Å². The first-order valence-electron chi connectivity index (χ1n) is 7.94. The third-order valence-corrected chi connectivity index (χ3v) is 5.01. The maximum atomic E-state index is 5.43. The summed E-state index contributed by atoms with van der Waals surface area (Å²) in [6.45, 7) is 2.08. The Hall–Kier alpha value is -1.56. The van der Waals surface area contributed by atoms with Crippen LogP contribution in [0.2, 0.25) is 0 Å². The smallest absolute Gasteiger partial charge is 0.162 e. The average Bonchev–Trinajstić information content (AvgIpc) is 2.61. The molecule has 3 rings (SSSR count). The number of hydrogen-bond donors (Lipinski definition) is 0. The topological polar surface area (TPSA) is 47.5 Å². The second-order valence-corrected chi connectivity index (χ2v) is 6.62. The number of alkyl halides is 1. The molecule has 1 aliphatic rings. The summed E-state index contributed by atoms with van der Waals surface area (Å²) in [7, 11) is 3.29. The molecular formula is C17H22BrN3O2. The van der Waals surface area contributed by atoms with Gasteiger partial charge in [-0.1, -0.05) is 15.9 Å². The van der Waals surface area contributed by atoms with E-state index >= 15 is 0 Å². The zero-order chi connectivity index (χ0) is 16.2. The Bertz CT molecular complexity index is 672. The highest BCUT2D eigenvalue weighted by atomic mass is 79.9. The van der Waals surface area contributed by atoms with Crippen LogP contribution in [0.25, 0.3) is 10.9 Å². The van der Waals surface area contributed by atoms with Crippen molar-refractivity contribution in [3.8, 4) is 11.5 Å². The molecule has 5 nitrogen and oxygen atoms in total. The summed E-state index contributed by atoms with van der Waals surface area (Å²) in [5, 5.41) is 2.11. The van der Waals surface area contributed by atoms with E-state index in [9.17, 15) is 0 Å². The third-order valence-electron chi connectivity index (χ3n) is 4.55. The third kappa shape index (κ3) is 3.37. The van der Waals surface area contributed by atoms with Crippen LogP contribution in [0.1, 0.15) is 19.3 Å². The fourth-order valence-electron chi connectivity index (χ4n) is 3.21. The lowest BCUT2D eigenvalue weighted by atomic mass is 9.94. The number of anilines is 1. The largest absolute Gasteiger partial charge is 0.493 e. The van der Waals surface area contributed by atoms with E-state index in [4.69, 9.17) is 9.47 Å². The van der Waals surface area contributed by atoms with Gasteiger partial charge in [0.05, 0.1) is 19.7 Å². The Balaban J connectivity index is 1.92. The van der Waals surface area contributed by atoms with E-state index in [-0.39, 0.29) is 0 Å². The predicted molar refractivity (Wildman–Crippen MR) is 96.0 cm³/mol. The van der Waals surface area contributed by atoms with Gasteiger partial charge < -0.3 is 14.4 Å². The first-order valence-corrected chi connectivity index (χ1v) is 9.06. The number of halogens is 1. The molecule has 0 saturated carbocycles. The number of methoxy groups -OCH3 is 2. The maximum absolute atomic E-state index is 5.43. The second kappa shape index (κ2) is 7.34. The Kier molecular flexibility index (Phi) is 5.20. The predicted octanol–water partition coefficient (Wildman–Crippen LogP) is 3.65. The molecule has 6 heteroatoms. The molecule has 1 saturated heterocycles. The van der Waals surface area contributed by atoms with Gasteiger partial charge in [0.2, 0.25) is 0 Å². The minimum Gasteiger partial charge on any atom is -0.493 e.